The zero-order valence-corrected chi connectivity index (χ0v) is 13.2. The van der Waals surface area contributed by atoms with Gasteiger partial charge in [-0.05, 0) is 61.6 Å². The van der Waals surface area contributed by atoms with Crippen molar-refractivity contribution in [3.05, 3.63) is 70.0 Å². The van der Waals surface area contributed by atoms with E-state index in [9.17, 15) is 9.50 Å². The van der Waals surface area contributed by atoms with Crippen LogP contribution in [0.4, 0.5) is 4.39 Å². The molecule has 21 heavy (non-hydrogen) atoms. The number of benzene rings is 2. The highest BCUT2D eigenvalue weighted by Gasteiger charge is 2.29. The molecule has 0 saturated heterocycles. The van der Waals surface area contributed by atoms with Gasteiger partial charge in [0, 0.05) is 6.42 Å². The average Bonchev–Trinajstić information content (AvgIpc) is 2.42. The normalized spacial score (nSPS) is 14.0. The quantitative estimate of drug-likeness (QED) is 0.871. The van der Waals surface area contributed by atoms with Gasteiger partial charge in [-0.15, -0.1) is 0 Å². The van der Waals surface area contributed by atoms with E-state index < -0.39 is 5.60 Å². The van der Waals surface area contributed by atoms with Gasteiger partial charge in [-0.2, -0.15) is 0 Å². The van der Waals surface area contributed by atoms with Crippen molar-refractivity contribution in [2.24, 2.45) is 0 Å². The molecule has 0 amide bonds. The van der Waals surface area contributed by atoms with Gasteiger partial charge in [-0.3, -0.25) is 0 Å². The maximum absolute atomic E-state index is 13.5. The molecule has 112 valence electrons. The monoisotopic (exact) mass is 286 g/mol. The Balaban J connectivity index is 2.44. The van der Waals surface area contributed by atoms with E-state index in [1.165, 1.54) is 28.8 Å². The van der Waals surface area contributed by atoms with Crippen molar-refractivity contribution in [2.75, 3.05) is 0 Å². The van der Waals surface area contributed by atoms with Crippen LogP contribution in [0.5, 0.6) is 0 Å². The van der Waals surface area contributed by atoms with Crippen LogP contribution in [0.2, 0.25) is 0 Å². The molecule has 0 aliphatic carbocycles. The Kier molecular flexibility index (Phi) is 4.48. The van der Waals surface area contributed by atoms with Crippen LogP contribution in [0.1, 0.15) is 41.2 Å². The zero-order valence-electron chi connectivity index (χ0n) is 13.2. The van der Waals surface area contributed by atoms with Crippen molar-refractivity contribution in [2.45, 2.75) is 46.1 Å². The Hall–Kier alpha value is -1.67. The molecule has 2 rings (SSSR count). The Labute approximate surface area is 126 Å². The lowest BCUT2D eigenvalue weighted by Crippen LogP contribution is -2.28. The van der Waals surface area contributed by atoms with E-state index in [1.807, 2.05) is 6.92 Å². The van der Waals surface area contributed by atoms with Gasteiger partial charge in [0.05, 0.1) is 5.60 Å². The minimum Gasteiger partial charge on any atom is -0.385 e. The lowest BCUT2D eigenvalue weighted by Gasteiger charge is -2.29. The van der Waals surface area contributed by atoms with Crippen molar-refractivity contribution in [1.82, 2.24) is 0 Å². The summed E-state index contributed by atoms with van der Waals surface area (Å²) >= 11 is 0. The smallest absolute Gasteiger partial charge is 0.123 e. The first-order valence-electron chi connectivity index (χ1n) is 7.41. The van der Waals surface area contributed by atoms with E-state index >= 15 is 0 Å². The first kappa shape index (κ1) is 15.7. The summed E-state index contributed by atoms with van der Waals surface area (Å²) < 4.78 is 13.5. The fourth-order valence-corrected chi connectivity index (χ4v) is 2.99. The first-order valence-corrected chi connectivity index (χ1v) is 7.41. The predicted molar refractivity (Wildman–Crippen MR) is 84.9 cm³/mol. The fraction of sp³-hybridized carbons (Fsp3) is 0.368. The highest BCUT2D eigenvalue weighted by Crippen LogP contribution is 2.32. The molecule has 0 aliphatic rings. The summed E-state index contributed by atoms with van der Waals surface area (Å²) in [5.41, 5.74) is 4.33. The van der Waals surface area contributed by atoms with E-state index in [0.29, 0.717) is 18.4 Å². The van der Waals surface area contributed by atoms with E-state index in [1.54, 1.807) is 12.1 Å². The second-order valence-electron chi connectivity index (χ2n) is 5.95. The molecule has 1 unspecified atom stereocenters. The highest BCUT2D eigenvalue weighted by molar-refractivity contribution is 5.39. The first-order chi connectivity index (χ1) is 9.85. The molecular formula is C19H23FO. The van der Waals surface area contributed by atoms with Gasteiger partial charge in [0.2, 0.25) is 0 Å². The predicted octanol–water partition coefficient (Wildman–Crippen LogP) is 4.59. The molecule has 0 heterocycles. The number of halogens is 1. The molecule has 0 radical (unpaired) electrons. The van der Waals surface area contributed by atoms with E-state index in [-0.39, 0.29) is 5.82 Å². The number of hydrogen-bond donors (Lipinski definition) is 1. The second kappa shape index (κ2) is 5.98. The molecule has 0 aliphatic heterocycles. The molecule has 1 N–H and O–H groups in total. The second-order valence-corrected chi connectivity index (χ2v) is 5.95. The van der Waals surface area contributed by atoms with Gasteiger partial charge in [0.25, 0.3) is 0 Å². The van der Waals surface area contributed by atoms with Crippen LogP contribution < -0.4 is 0 Å². The minimum absolute atomic E-state index is 0.309. The van der Waals surface area contributed by atoms with Crippen molar-refractivity contribution in [3.8, 4) is 0 Å². The average molecular weight is 286 g/mol. The summed E-state index contributed by atoms with van der Waals surface area (Å²) in [6, 6.07) is 10.5. The van der Waals surface area contributed by atoms with Crippen LogP contribution in [-0.2, 0) is 12.0 Å². The lowest BCUT2D eigenvalue weighted by molar-refractivity contribution is 0.0321. The molecule has 0 saturated carbocycles. The summed E-state index contributed by atoms with van der Waals surface area (Å²) in [4.78, 5) is 0. The Morgan fingerprint density at radius 2 is 1.67 bits per heavy atom. The van der Waals surface area contributed by atoms with Crippen LogP contribution in [0.15, 0.2) is 36.4 Å². The van der Waals surface area contributed by atoms with Crippen LogP contribution in [0, 0.1) is 26.6 Å². The summed E-state index contributed by atoms with van der Waals surface area (Å²) in [6.45, 7) is 8.14. The van der Waals surface area contributed by atoms with Crippen LogP contribution in [0.25, 0.3) is 0 Å². The molecule has 0 bridgehead atoms. The van der Waals surface area contributed by atoms with Crippen LogP contribution in [-0.4, -0.2) is 5.11 Å². The van der Waals surface area contributed by atoms with Gasteiger partial charge in [-0.1, -0.05) is 36.8 Å². The molecular weight excluding hydrogens is 263 g/mol. The van der Waals surface area contributed by atoms with Crippen molar-refractivity contribution < 1.29 is 9.50 Å². The van der Waals surface area contributed by atoms with Crippen LogP contribution in [0.3, 0.4) is 0 Å². The topological polar surface area (TPSA) is 20.2 Å². The Morgan fingerprint density at radius 1 is 1.05 bits per heavy atom. The fourth-order valence-electron chi connectivity index (χ4n) is 2.99. The number of aryl methyl sites for hydroxylation is 3. The maximum Gasteiger partial charge on any atom is 0.123 e. The van der Waals surface area contributed by atoms with Gasteiger partial charge in [-0.25, -0.2) is 4.39 Å². The summed E-state index contributed by atoms with van der Waals surface area (Å²) in [7, 11) is 0. The Morgan fingerprint density at radius 3 is 2.19 bits per heavy atom. The number of hydrogen-bond acceptors (Lipinski definition) is 1. The summed E-state index contributed by atoms with van der Waals surface area (Å²) in [5.74, 6) is -0.309. The summed E-state index contributed by atoms with van der Waals surface area (Å²) in [5, 5.41) is 11.0. The SMILES string of the molecule is CCC(O)(Cc1c(C)cc(C)cc1C)c1cccc(F)c1. The molecule has 0 fully saturated rings. The number of aliphatic hydroxyl groups is 1. The van der Waals surface area contributed by atoms with Crippen molar-refractivity contribution >= 4 is 0 Å². The van der Waals surface area contributed by atoms with Gasteiger partial charge >= 0.3 is 0 Å². The third-order valence-corrected chi connectivity index (χ3v) is 4.26. The van der Waals surface area contributed by atoms with E-state index in [4.69, 9.17) is 0 Å². The van der Waals surface area contributed by atoms with E-state index in [0.717, 1.165) is 5.56 Å². The molecule has 0 spiro atoms. The third kappa shape index (κ3) is 3.33. The molecule has 0 aromatic heterocycles. The molecule has 1 nitrogen and oxygen atoms in total. The van der Waals surface area contributed by atoms with Gasteiger partial charge in [0.15, 0.2) is 0 Å². The third-order valence-electron chi connectivity index (χ3n) is 4.26. The lowest BCUT2D eigenvalue weighted by atomic mass is 9.82. The molecule has 2 aromatic rings. The zero-order chi connectivity index (χ0) is 15.6. The minimum atomic E-state index is -1.03. The standard InChI is InChI=1S/C19H23FO/c1-5-19(21,16-7-6-8-17(20)11-16)12-18-14(3)9-13(2)10-15(18)4/h6-11,21H,5,12H2,1-4H3. The van der Waals surface area contributed by atoms with Crippen LogP contribution >= 0.6 is 0 Å². The maximum atomic E-state index is 13.5. The largest absolute Gasteiger partial charge is 0.385 e. The molecule has 2 aromatic carbocycles. The van der Waals surface area contributed by atoms with Gasteiger partial charge < -0.3 is 5.11 Å². The summed E-state index contributed by atoms with van der Waals surface area (Å²) in [6.07, 6.45) is 1.05. The van der Waals surface area contributed by atoms with E-state index in [2.05, 4.69) is 32.9 Å². The Bertz CT molecular complexity index is 625. The number of rotatable bonds is 4. The molecule has 1 atom stereocenters. The van der Waals surface area contributed by atoms with Crippen molar-refractivity contribution in [1.29, 1.82) is 0 Å². The van der Waals surface area contributed by atoms with Gasteiger partial charge in [0.1, 0.15) is 5.82 Å². The highest BCUT2D eigenvalue weighted by atomic mass is 19.1. The van der Waals surface area contributed by atoms with Crippen molar-refractivity contribution in [3.63, 3.8) is 0 Å². The molecule has 2 heteroatoms.